The predicted octanol–water partition coefficient (Wildman–Crippen LogP) is 3.41. The minimum absolute atomic E-state index is 0.138. The Balaban J connectivity index is 1.62. The van der Waals surface area contributed by atoms with Crippen LogP contribution in [0.1, 0.15) is 61.9 Å². The topological polar surface area (TPSA) is 97.4 Å². The summed E-state index contributed by atoms with van der Waals surface area (Å²) in [6, 6.07) is 9.45. The minimum Gasteiger partial charge on any atom is -0.474 e. The van der Waals surface area contributed by atoms with Crippen molar-refractivity contribution in [1.82, 2.24) is 15.0 Å². The summed E-state index contributed by atoms with van der Waals surface area (Å²) in [5.74, 6) is 0.270. The van der Waals surface area contributed by atoms with Gasteiger partial charge in [0.2, 0.25) is 15.9 Å². The van der Waals surface area contributed by atoms with E-state index in [1.54, 1.807) is 6.20 Å². The van der Waals surface area contributed by atoms with Gasteiger partial charge in [-0.05, 0) is 69.4 Å². The van der Waals surface area contributed by atoms with Crippen LogP contribution in [0.15, 0.2) is 47.5 Å². The molecule has 1 aromatic carbocycles. The maximum Gasteiger partial charge on any atom is 0.251 e. The number of aromatic nitrogens is 1. The molecule has 0 spiro atoms. The van der Waals surface area contributed by atoms with Crippen molar-refractivity contribution in [1.29, 1.82) is 0 Å². The molecule has 0 radical (unpaired) electrons. The van der Waals surface area contributed by atoms with Crippen molar-refractivity contribution in [2.75, 3.05) is 0 Å². The quantitative estimate of drug-likeness (QED) is 0.634. The van der Waals surface area contributed by atoms with Crippen LogP contribution in [0.25, 0.3) is 0 Å². The fourth-order valence-corrected chi connectivity index (χ4v) is 4.63. The summed E-state index contributed by atoms with van der Waals surface area (Å²) in [7, 11) is -3.59. The van der Waals surface area contributed by atoms with E-state index < -0.39 is 10.0 Å². The monoisotopic (exact) mass is 431 g/mol. The van der Waals surface area contributed by atoms with E-state index in [1.807, 2.05) is 26.0 Å². The van der Waals surface area contributed by atoms with E-state index in [0.29, 0.717) is 17.9 Å². The molecule has 1 saturated carbocycles. The third-order valence-electron chi connectivity index (χ3n) is 5.27. The number of nitrogens with zero attached hydrogens (tertiary/aromatic N) is 1. The average molecular weight is 432 g/mol. The lowest BCUT2D eigenvalue weighted by atomic mass is 10.2. The molecule has 8 heteroatoms. The number of carbonyl (C=O) groups excluding carboxylic acids is 1. The van der Waals surface area contributed by atoms with Crippen LogP contribution in [0.4, 0.5) is 0 Å². The molecule has 1 amide bonds. The van der Waals surface area contributed by atoms with Crippen LogP contribution < -0.4 is 14.8 Å². The fraction of sp³-hybridized carbons (Fsp3) is 0.455. The highest BCUT2D eigenvalue weighted by atomic mass is 32.2. The van der Waals surface area contributed by atoms with Gasteiger partial charge in [0.25, 0.3) is 5.91 Å². The molecule has 1 atom stereocenters. The van der Waals surface area contributed by atoms with Crippen molar-refractivity contribution in [3.05, 3.63) is 53.7 Å². The van der Waals surface area contributed by atoms with Gasteiger partial charge in [-0.2, -0.15) is 0 Å². The third kappa shape index (κ3) is 5.79. The van der Waals surface area contributed by atoms with Crippen molar-refractivity contribution in [2.24, 2.45) is 0 Å². The lowest BCUT2D eigenvalue weighted by molar-refractivity contribution is 0.0950. The molecule has 30 heavy (non-hydrogen) atoms. The van der Waals surface area contributed by atoms with Gasteiger partial charge >= 0.3 is 0 Å². The Morgan fingerprint density at radius 1 is 1.20 bits per heavy atom. The van der Waals surface area contributed by atoms with Crippen LogP contribution in [-0.4, -0.2) is 31.5 Å². The van der Waals surface area contributed by atoms with Gasteiger partial charge in [-0.25, -0.2) is 18.1 Å². The maximum absolute atomic E-state index is 12.5. The van der Waals surface area contributed by atoms with E-state index >= 15 is 0 Å². The Labute approximate surface area is 178 Å². The van der Waals surface area contributed by atoms with Crippen LogP contribution in [0, 0.1) is 0 Å². The Morgan fingerprint density at radius 3 is 2.57 bits per heavy atom. The van der Waals surface area contributed by atoms with E-state index in [9.17, 15) is 13.2 Å². The Hall–Kier alpha value is -2.45. The number of hydrogen-bond acceptors (Lipinski definition) is 5. The first-order chi connectivity index (χ1) is 14.4. The number of rotatable bonds is 9. The number of ether oxygens (including phenoxy) is 1. The van der Waals surface area contributed by atoms with Crippen LogP contribution in [0.5, 0.6) is 5.88 Å². The Bertz CT molecular complexity index is 955. The van der Waals surface area contributed by atoms with Gasteiger partial charge in [0.05, 0.1) is 4.90 Å². The molecule has 1 fully saturated rings. The molecule has 162 valence electrons. The molecule has 0 saturated heterocycles. The third-order valence-corrected chi connectivity index (χ3v) is 6.87. The number of carbonyl (C=O) groups is 1. The highest BCUT2D eigenvalue weighted by Crippen LogP contribution is 2.25. The number of amides is 1. The fourth-order valence-electron chi connectivity index (χ4n) is 3.31. The Kier molecular flexibility index (Phi) is 7.44. The smallest absolute Gasteiger partial charge is 0.251 e. The lowest BCUT2D eigenvalue weighted by Gasteiger charge is -2.15. The second kappa shape index (κ2) is 10.0. The minimum atomic E-state index is -3.59. The van der Waals surface area contributed by atoms with Crippen molar-refractivity contribution in [3.63, 3.8) is 0 Å². The van der Waals surface area contributed by atoms with Gasteiger partial charge in [-0.1, -0.05) is 13.0 Å². The zero-order chi connectivity index (χ0) is 21.6. The molecule has 2 aromatic rings. The predicted molar refractivity (Wildman–Crippen MR) is 115 cm³/mol. The van der Waals surface area contributed by atoms with Gasteiger partial charge in [-0.3, -0.25) is 4.79 Å². The van der Waals surface area contributed by atoms with Gasteiger partial charge in [0.1, 0.15) is 6.10 Å². The molecular weight excluding hydrogens is 402 g/mol. The second-order valence-electron chi connectivity index (χ2n) is 7.63. The van der Waals surface area contributed by atoms with Crippen molar-refractivity contribution >= 4 is 15.9 Å². The van der Waals surface area contributed by atoms with E-state index in [1.165, 1.54) is 37.1 Å². The van der Waals surface area contributed by atoms with Gasteiger partial charge in [0.15, 0.2) is 0 Å². The molecule has 7 nitrogen and oxygen atoms in total. The summed E-state index contributed by atoms with van der Waals surface area (Å²) < 4.78 is 33.3. The van der Waals surface area contributed by atoms with E-state index in [-0.39, 0.29) is 29.5 Å². The highest BCUT2D eigenvalue weighted by Gasteiger charge is 2.19. The molecule has 1 aromatic heterocycles. The Morgan fingerprint density at radius 2 is 1.90 bits per heavy atom. The summed E-state index contributed by atoms with van der Waals surface area (Å²) in [5, 5.41) is 2.86. The lowest BCUT2D eigenvalue weighted by Crippen LogP contribution is -2.32. The second-order valence-corrected chi connectivity index (χ2v) is 9.34. The van der Waals surface area contributed by atoms with Gasteiger partial charge < -0.3 is 10.1 Å². The van der Waals surface area contributed by atoms with Crippen molar-refractivity contribution in [2.45, 2.75) is 69.5 Å². The summed E-state index contributed by atoms with van der Waals surface area (Å²) in [4.78, 5) is 17.0. The molecule has 3 rings (SSSR count). The number of pyridine rings is 1. The van der Waals surface area contributed by atoms with Crippen LogP contribution in [0.2, 0.25) is 0 Å². The maximum atomic E-state index is 12.5. The molecule has 0 aliphatic heterocycles. The molecule has 1 aliphatic rings. The van der Waals surface area contributed by atoms with Crippen LogP contribution >= 0.6 is 0 Å². The summed E-state index contributed by atoms with van der Waals surface area (Å²) in [6.45, 7) is 4.00. The normalized spacial score (nSPS) is 15.7. The van der Waals surface area contributed by atoms with Crippen molar-refractivity contribution < 1.29 is 17.9 Å². The summed E-state index contributed by atoms with van der Waals surface area (Å²) >= 11 is 0. The van der Waals surface area contributed by atoms with Gasteiger partial charge in [-0.15, -0.1) is 0 Å². The first kappa shape index (κ1) is 22.2. The van der Waals surface area contributed by atoms with E-state index in [4.69, 9.17) is 4.74 Å². The number of benzene rings is 1. The molecule has 1 aliphatic carbocycles. The molecule has 1 heterocycles. The summed E-state index contributed by atoms with van der Waals surface area (Å²) in [5.41, 5.74) is 1.20. The number of hydrogen-bond donors (Lipinski definition) is 2. The standard InChI is InChI=1S/C22H29N3O4S/c1-3-16(2)25-30(27,28)20-12-10-17(11-13-20)21(26)24-15-18-7-6-14-23-22(18)29-19-8-4-5-9-19/h6-7,10-14,16,19,25H,3-5,8-9,15H2,1-2H3,(H,24,26). The zero-order valence-corrected chi connectivity index (χ0v) is 18.2. The highest BCUT2D eigenvalue weighted by molar-refractivity contribution is 7.89. The zero-order valence-electron chi connectivity index (χ0n) is 17.4. The number of nitrogens with one attached hydrogen (secondary N) is 2. The summed E-state index contributed by atoms with van der Waals surface area (Å²) in [6.07, 6.45) is 6.97. The van der Waals surface area contributed by atoms with Gasteiger partial charge in [0, 0.05) is 29.9 Å². The largest absolute Gasteiger partial charge is 0.474 e. The average Bonchev–Trinajstić information content (AvgIpc) is 3.25. The number of sulfonamides is 1. The first-order valence-electron chi connectivity index (χ1n) is 10.4. The van der Waals surface area contributed by atoms with Crippen molar-refractivity contribution in [3.8, 4) is 5.88 Å². The molecule has 1 unspecified atom stereocenters. The molecular formula is C22H29N3O4S. The molecule has 0 bridgehead atoms. The van der Waals surface area contributed by atoms with Crippen LogP contribution in [0.3, 0.4) is 0 Å². The van der Waals surface area contributed by atoms with E-state index in [2.05, 4.69) is 15.0 Å². The van der Waals surface area contributed by atoms with E-state index in [0.717, 1.165) is 18.4 Å². The SMILES string of the molecule is CCC(C)NS(=O)(=O)c1ccc(C(=O)NCc2cccnc2OC2CCCC2)cc1. The van der Waals surface area contributed by atoms with Crippen LogP contribution in [-0.2, 0) is 16.6 Å². The molecule has 2 N–H and O–H groups in total. The first-order valence-corrected chi connectivity index (χ1v) is 11.9.